The molecule has 0 saturated heterocycles. The fraction of sp³-hybridized carbons (Fsp3) is 0.519. The number of carbonyl (C=O) groups is 1. The molecule has 0 rings (SSSR count). The van der Waals surface area contributed by atoms with Crippen molar-refractivity contribution in [1.82, 2.24) is 0 Å². The first-order valence-electron chi connectivity index (χ1n) is 11.0. The van der Waals surface area contributed by atoms with Crippen LogP contribution in [-0.4, -0.2) is 33.4 Å². The van der Waals surface area contributed by atoms with Gasteiger partial charge in [-0.25, -0.2) is 0 Å². The Kier molecular flexibility index (Phi) is 15.1. The lowest BCUT2D eigenvalue weighted by molar-refractivity contribution is -0.128. The monoisotopic (exact) mass is 430 g/mol. The minimum atomic E-state index is 0.276. The Bertz CT molecular complexity index is 679. The summed E-state index contributed by atoms with van der Waals surface area (Å²) in [6, 6.07) is 0. The van der Waals surface area contributed by atoms with Crippen molar-refractivity contribution in [2.24, 2.45) is 11.8 Å². The summed E-state index contributed by atoms with van der Waals surface area (Å²) in [6.45, 7) is 27.1. The molecule has 0 heterocycles. The molecule has 174 valence electrons. The van der Waals surface area contributed by atoms with Crippen LogP contribution in [0.25, 0.3) is 0 Å². The summed E-state index contributed by atoms with van der Waals surface area (Å²) in [6.07, 6.45) is 7.44. The second-order valence-corrected chi connectivity index (χ2v) is 8.14. The fourth-order valence-corrected chi connectivity index (χ4v) is 2.77. The van der Waals surface area contributed by atoms with Crippen LogP contribution in [0.3, 0.4) is 0 Å². The molecule has 0 aliphatic carbocycles. The van der Waals surface area contributed by atoms with Crippen LogP contribution in [0.2, 0.25) is 0 Å². The van der Waals surface area contributed by atoms with Gasteiger partial charge in [0.15, 0.2) is 0 Å². The third kappa shape index (κ3) is 12.2. The summed E-state index contributed by atoms with van der Waals surface area (Å²) in [5.41, 5.74) is 4.36. The first-order valence-corrected chi connectivity index (χ1v) is 11.0. The van der Waals surface area contributed by atoms with E-state index in [1.54, 1.807) is 7.11 Å². The second kappa shape index (κ2) is 16.4. The number of ether oxygens (including phenoxy) is 3. The Morgan fingerprint density at radius 3 is 2.19 bits per heavy atom. The molecule has 0 saturated carbocycles. The van der Waals surface area contributed by atoms with E-state index in [-0.39, 0.29) is 6.61 Å². The van der Waals surface area contributed by atoms with E-state index in [0.29, 0.717) is 43.7 Å². The van der Waals surface area contributed by atoms with Crippen LogP contribution in [0, 0.1) is 11.8 Å². The van der Waals surface area contributed by atoms with Crippen LogP contribution in [0.4, 0.5) is 0 Å². The molecule has 4 heteroatoms. The van der Waals surface area contributed by atoms with Crippen molar-refractivity contribution in [1.29, 1.82) is 0 Å². The third-order valence-electron chi connectivity index (χ3n) is 5.13. The van der Waals surface area contributed by atoms with Gasteiger partial charge < -0.3 is 14.2 Å². The van der Waals surface area contributed by atoms with Crippen molar-refractivity contribution in [3.05, 3.63) is 72.1 Å². The van der Waals surface area contributed by atoms with Crippen molar-refractivity contribution in [3.8, 4) is 0 Å². The quantitative estimate of drug-likeness (QED) is 0.105. The highest BCUT2D eigenvalue weighted by Crippen LogP contribution is 2.28. The number of rotatable bonds is 18. The van der Waals surface area contributed by atoms with Crippen LogP contribution < -0.4 is 0 Å². The fourth-order valence-electron chi connectivity index (χ4n) is 2.77. The average molecular weight is 431 g/mol. The van der Waals surface area contributed by atoms with E-state index < -0.39 is 0 Å². The summed E-state index contributed by atoms with van der Waals surface area (Å²) in [4.78, 5) is 10.6. The molecule has 0 aromatic carbocycles. The van der Waals surface area contributed by atoms with E-state index in [0.717, 1.165) is 47.1 Å². The Morgan fingerprint density at radius 1 is 0.968 bits per heavy atom. The van der Waals surface area contributed by atoms with Crippen LogP contribution in [0.5, 0.6) is 0 Å². The predicted octanol–water partition coefficient (Wildman–Crippen LogP) is 6.73. The predicted molar refractivity (Wildman–Crippen MR) is 131 cm³/mol. The molecule has 0 N–H and O–H groups in total. The van der Waals surface area contributed by atoms with E-state index in [4.69, 9.17) is 14.2 Å². The first-order chi connectivity index (χ1) is 14.7. The average Bonchev–Trinajstić information content (AvgIpc) is 2.74. The minimum Gasteiger partial charge on any atom is -0.491 e. The summed E-state index contributed by atoms with van der Waals surface area (Å²) < 4.78 is 15.8. The second-order valence-electron chi connectivity index (χ2n) is 8.14. The number of allylic oxidation sites excluding steroid dienone is 6. The molecule has 0 aliphatic rings. The van der Waals surface area contributed by atoms with Gasteiger partial charge in [-0.05, 0) is 53.0 Å². The van der Waals surface area contributed by atoms with Gasteiger partial charge in [-0.1, -0.05) is 72.1 Å². The lowest BCUT2D eigenvalue weighted by Crippen LogP contribution is -2.05. The van der Waals surface area contributed by atoms with Gasteiger partial charge in [0.1, 0.15) is 12.4 Å². The topological polar surface area (TPSA) is 44.8 Å². The molecule has 0 aliphatic heterocycles. The minimum absolute atomic E-state index is 0.276. The molecule has 1 atom stereocenters. The maximum atomic E-state index is 10.6. The molecule has 4 nitrogen and oxygen atoms in total. The smallest absolute Gasteiger partial charge is 0.293 e. The highest BCUT2D eigenvalue weighted by atomic mass is 16.5. The van der Waals surface area contributed by atoms with E-state index >= 15 is 0 Å². The first kappa shape index (κ1) is 28.7. The molecule has 0 bridgehead atoms. The van der Waals surface area contributed by atoms with Gasteiger partial charge in [0.25, 0.3) is 6.47 Å². The molecule has 0 aromatic rings. The standard InChI is InChI=1S/C27H42O4/c1-10-21(4)27(31-16-15-29-9)18-24(7)25(8)26(13-14-30-19-28)17-23(6)22(5)12-11-20(2)3/h17-20,22H,4,6-8,10-16H2,1-3,5,9H3/b26-17-,27-18+. The zero-order chi connectivity index (χ0) is 23.8. The van der Waals surface area contributed by atoms with Crippen LogP contribution >= 0.6 is 0 Å². The SMILES string of the molecule is C=C(/C=C(/OCCOC)C(=C)CC)C(=C)/C(=C\C(=C)C(C)CCC(C)C)CCOC=O. The number of methoxy groups -OCH3 is 1. The molecular formula is C27H42O4. The van der Waals surface area contributed by atoms with Crippen molar-refractivity contribution < 1.29 is 19.0 Å². The number of hydrogen-bond acceptors (Lipinski definition) is 4. The maximum Gasteiger partial charge on any atom is 0.293 e. The normalized spacial score (nSPS) is 13.0. The lowest BCUT2D eigenvalue weighted by atomic mass is 9.89. The highest BCUT2D eigenvalue weighted by Gasteiger charge is 2.12. The molecule has 0 radical (unpaired) electrons. The molecule has 0 spiro atoms. The Labute approximate surface area is 190 Å². The van der Waals surface area contributed by atoms with Crippen molar-refractivity contribution in [3.63, 3.8) is 0 Å². The molecule has 31 heavy (non-hydrogen) atoms. The van der Waals surface area contributed by atoms with Gasteiger partial charge in [0.2, 0.25) is 0 Å². The maximum absolute atomic E-state index is 10.6. The molecule has 0 fully saturated rings. The Morgan fingerprint density at radius 2 is 1.65 bits per heavy atom. The molecule has 0 amide bonds. The lowest BCUT2D eigenvalue weighted by Gasteiger charge is -2.18. The van der Waals surface area contributed by atoms with Crippen LogP contribution in [-0.2, 0) is 19.0 Å². The largest absolute Gasteiger partial charge is 0.491 e. The van der Waals surface area contributed by atoms with Gasteiger partial charge >= 0.3 is 0 Å². The zero-order valence-electron chi connectivity index (χ0n) is 20.3. The Hall–Kier alpha value is -2.33. The van der Waals surface area contributed by atoms with Crippen molar-refractivity contribution in [2.45, 2.75) is 53.4 Å². The van der Waals surface area contributed by atoms with E-state index in [2.05, 4.69) is 53.2 Å². The van der Waals surface area contributed by atoms with Crippen molar-refractivity contribution in [2.75, 3.05) is 26.9 Å². The highest BCUT2D eigenvalue weighted by molar-refractivity contribution is 5.52. The summed E-state index contributed by atoms with van der Waals surface area (Å²) in [5.74, 6) is 1.69. The summed E-state index contributed by atoms with van der Waals surface area (Å²) in [5, 5.41) is 0. The van der Waals surface area contributed by atoms with Crippen molar-refractivity contribution >= 4 is 6.47 Å². The number of carbonyl (C=O) groups excluding carboxylic acids is 1. The van der Waals surface area contributed by atoms with E-state index in [1.807, 2.05) is 13.0 Å². The van der Waals surface area contributed by atoms with Gasteiger partial charge in [-0.3, -0.25) is 4.79 Å². The summed E-state index contributed by atoms with van der Waals surface area (Å²) in [7, 11) is 1.63. The van der Waals surface area contributed by atoms with Gasteiger partial charge in [0.05, 0.1) is 13.2 Å². The van der Waals surface area contributed by atoms with Gasteiger partial charge in [0, 0.05) is 13.5 Å². The molecule has 1 unspecified atom stereocenters. The molecule has 0 aromatic heterocycles. The third-order valence-corrected chi connectivity index (χ3v) is 5.13. The van der Waals surface area contributed by atoms with Crippen LogP contribution in [0.1, 0.15) is 53.4 Å². The summed E-state index contributed by atoms with van der Waals surface area (Å²) >= 11 is 0. The molecular weight excluding hydrogens is 388 g/mol. The van der Waals surface area contributed by atoms with E-state index in [1.165, 1.54) is 0 Å². The van der Waals surface area contributed by atoms with Gasteiger partial charge in [-0.2, -0.15) is 0 Å². The zero-order valence-corrected chi connectivity index (χ0v) is 20.3. The van der Waals surface area contributed by atoms with Crippen LogP contribution in [0.15, 0.2) is 72.1 Å². The Balaban J connectivity index is 5.60. The number of hydrogen-bond donors (Lipinski definition) is 0. The van der Waals surface area contributed by atoms with Gasteiger partial charge in [-0.15, -0.1) is 0 Å². The van der Waals surface area contributed by atoms with E-state index in [9.17, 15) is 4.79 Å².